The molecule has 0 bridgehead atoms. The quantitative estimate of drug-likeness (QED) is 0.754. The lowest BCUT2D eigenvalue weighted by atomic mass is 9.97. The second-order valence-corrected chi connectivity index (χ2v) is 5.88. The summed E-state index contributed by atoms with van der Waals surface area (Å²) in [4.78, 5) is 19.8. The summed E-state index contributed by atoms with van der Waals surface area (Å²) in [7, 11) is 0. The molecular formula is C16H18N6O. The minimum absolute atomic E-state index is 0.206. The first kappa shape index (κ1) is 14.1. The van der Waals surface area contributed by atoms with E-state index in [0.717, 1.165) is 37.3 Å². The minimum atomic E-state index is -0.206. The number of nitrogens with zero attached hydrogens (tertiary/aromatic N) is 4. The van der Waals surface area contributed by atoms with Crippen LogP contribution >= 0.6 is 0 Å². The first-order valence-corrected chi connectivity index (χ1v) is 7.89. The molecule has 1 fully saturated rings. The maximum absolute atomic E-state index is 12.3. The van der Waals surface area contributed by atoms with Gasteiger partial charge < -0.3 is 10.3 Å². The van der Waals surface area contributed by atoms with Gasteiger partial charge in [0.25, 0.3) is 5.56 Å². The highest BCUT2D eigenvalue weighted by Crippen LogP contribution is 2.22. The molecule has 0 unspecified atom stereocenters. The number of aromatic nitrogens is 5. The Balaban J connectivity index is 1.74. The lowest BCUT2D eigenvalue weighted by molar-refractivity contribution is 0.444. The Morgan fingerprint density at radius 3 is 2.74 bits per heavy atom. The molecule has 0 radical (unpaired) electrons. The summed E-state index contributed by atoms with van der Waals surface area (Å²) in [6.07, 6.45) is 1.96. The minimum Gasteiger partial charge on any atom is -0.317 e. The number of nitrogens with one attached hydrogen (secondary N) is 2. The molecule has 23 heavy (non-hydrogen) atoms. The first-order valence-electron chi connectivity index (χ1n) is 7.89. The molecule has 2 N–H and O–H groups in total. The molecule has 2 aromatic heterocycles. The van der Waals surface area contributed by atoms with E-state index in [1.165, 1.54) is 0 Å². The third kappa shape index (κ3) is 2.75. The van der Waals surface area contributed by atoms with Gasteiger partial charge in [0.05, 0.1) is 6.54 Å². The molecule has 7 nitrogen and oxygen atoms in total. The lowest BCUT2D eigenvalue weighted by Gasteiger charge is -2.21. The van der Waals surface area contributed by atoms with Crippen molar-refractivity contribution in [1.82, 2.24) is 30.3 Å². The molecule has 4 rings (SSSR count). The monoisotopic (exact) mass is 310 g/mol. The van der Waals surface area contributed by atoms with E-state index in [0.29, 0.717) is 17.7 Å². The average Bonchev–Trinajstić information content (AvgIpc) is 3.00. The second-order valence-electron chi connectivity index (χ2n) is 5.88. The Bertz CT molecular complexity index is 863. The Kier molecular flexibility index (Phi) is 3.63. The van der Waals surface area contributed by atoms with Crippen molar-refractivity contribution in [3.8, 4) is 0 Å². The highest BCUT2D eigenvalue weighted by atomic mass is 16.1. The van der Waals surface area contributed by atoms with E-state index in [9.17, 15) is 4.79 Å². The van der Waals surface area contributed by atoms with Crippen LogP contribution in [-0.2, 0) is 6.54 Å². The predicted molar refractivity (Wildman–Crippen MR) is 86.3 cm³/mol. The Labute approximate surface area is 132 Å². The fourth-order valence-corrected chi connectivity index (χ4v) is 3.03. The summed E-state index contributed by atoms with van der Waals surface area (Å²) in [5, 5.41) is 11.4. The van der Waals surface area contributed by atoms with E-state index in [1.54, 1.807) is 4.68 Å². The molecule has 1 aliphatic rings. The SMILES string of the molecule is O=c1[nH]c(C2CCNCC2)nc2c1nnn2Cc1ccccc1. The summed E-state index contributed by atoms with van der Waals surface area (Å²) >= 11 is 0. The Morgan fingerprint density at radius 1 is 1.17 bits per heavy atom. The number of hydrogen-bond donors (Lipinski definition) is 2. The molecule has 1 aromatic carbocycles. The van der Waals surface area contributed by atoms with Gasteiger partial charge in [-0.2, -0.15) is 0 Å². The van der Waals surface area contributed by atoms with Gasteiger partial charge >= 0.3 is 0 Å². The third-order valence-electron chi connectivity index (χ3n) is 4.29. The van der Waals surface area contributed by atoms with Crippen molar-refractivity contribution in [3.05, 3.63) is 52.1 Å². The van der Waals surface area contributed by atoms with Gasteiger partial charge in [-0.05, 0) is 31.5 Å². The number of rotatable bonds is 3. The highest BCUT2D eigenvalue weighted by molar-refractivity contribution is 5.68. The predicted octanol–water partition coefficient (Wildman–Crippen LogP) is 1.03. The van der Waals surface area contributed by atoms with E-state index in [4.69, 9.17) is 0 Å². The standard InChI is InChI=1S/C16H18N6O/c23-16-13-15(18-14(19-16)12-6-8-17-9-7-12)22(21-20-13)10-11-4-2-1-3-5-11/h1-5,12,17H,6-10H2,(H,18,19,23). The largest absolute Gasteiger partial charge is 0.317 e. The number of piperidine rings is 1. The van der Waals surface area contributed by atoms with Gasteiger partial charge in [0, 0.05) is 5.92 Å². The van der Waals surface area contributed by atoms with Crippen LogP contribution < -0.4 is 10.9 Å². The first-order chi connectivity index (χ1) is 11.3. The van der Waals surface area contributed by atoms with Crippen LogP contribution in [0.2, 0.25) is 0 Å². The number of hydrogen-bond acceptors (Lipinski definition) is 5. The number of aromatic amines is 1. The van der Waals surface area contributed by atoms with Gasteiger partial charge in [0.1, 0.15) is 5.82 Å². The van der Waals surface area contributed by atoms with Gasteiger partial charge in [0.2, 0.25) is 0 Å². The average molecular weight is 310 g/mol. The second kappa shape index (κ2) is 5.92. The highest BCUT2D eigenvalue weighted by Gasteiger charge is 2.20. The number of benzene rings is 1. The van der Waals surface area contributed by atoms with Gasteiger partial charge in [0.15, 0.2) is 11.2 Å². The summed E-state index contributed by atoms with van der Waals surface area (Å²) in [6.45, 7) is 2.46. The molecule has 0 aliphatic carbocycles. The van der Waals surface area contributed by atoms with Crippen molar-refractivity contribution < 1.29 is 0 Å². The number of H-pyrrole nitrogens is 1. The summed E-state index contributed by atoms with van der Waals surface area (Å²) in [5.74, 6) is 1.04. The molecule has 0 atom stereocenters. The zero-order valence-corrected chi connectivity index (χ0v) is 12.7. The fraction of sp³-hybridized carbons (Fsp3) is 0.375. The van der Waals surface area contributed by atoms with Gasteiger partial charge in [-0.1, -0.05) is 35.5 Å². The third-order valence-corrected chi connectivity index (χ3v) is 4.29. The zero-order valence-electron chi connectivity index (χ0n) is 12.7. The van der Waals surface area contributed by atoms with Crippen molar-refractivity contribution in [2.45, 2.75) is 25.3 Å². The Hall–Kier alpha value is -2.54. The maximum Gasteiger partial charge on any atom is 0.281 e. The van der Waals surface area contributed by atoms with E-state index in [1.807, 2.05) is 30.3 Å². The van der Waals surface area contributed by atoms with Gasteiger partial charge in [-0.3, -0.25) is 4.79 Å². The van der Waals surface area contributed by atoms with E-state index in [2.05, 4.69) is 25.6 Å². The van der Waals surface area contributed by atoms with E-state index < -0.39 is 0 Å². The smallest absolute Gasteiger partial charge is 0.281 e. The molecule has 1 saturated heterocycles. The number of fused-ring (bicyclic) bond motifs is 1. The molecule has 0 amide bonds. The lowest BCUT2D eigenvalue weighted by Crippen LogP contribution is -2.28. The van der Waals surface area contributed by atoms with Gasteiger partial charge in [-0.25, -0.2) is 9.67 Å². The molecule has 1 aliphatic heterocycles. The molecule has 118 valence electrons. The molecule has 0 spiro atoms. The van der Waals surface area contributed by atoms with Crippen molar-refractivity contribution in [2.24, 2.45) is 0 Å². The summed E-state index contributed by atoms with van der Waals surface area (Å²) in [5.41, 5.74) is 1.76. The van der Waals surface area contributed by atoms with E-state index in [-0.39, 0.29) is 11.5 Å². The molecule has 3 aromatic rings. The van der Waals surface area contributed by atoms with Crippen molar-refractivity contribution >= 4 is 11.2 Å². The topological polar surface area (TPSA) is 88.5 Å². The normalized spacial score (nSPS) is 16.0. The van der Waals surface area contributed by atoms with Gasteiger partial charge in [-0.15, -0.1) is 5.10 Å². The van der Waals surface area contributed by atoms with Crippen molar-refractivity contribution in [2.75, 3.05) is 13.1 Å². The molecule has 3 heterocycles. The van der Waals surface area contributed by atoms with Crippen LogP contribution in [0.25, 0.3) is 11.2 Å². The van der Waals surface area contributed by atoms with Crippen LogP contribution in [0.3, 0.4) is 0 Å². The van der Waals surface area contributed by atoms with Crippen LogP contribution in [0, 0.1) is 0 Å². The van der Waals surface area contributed by atoms with E-state index >= 15 is 0 Å². The summed E-state index contributed by atoms with van der Waals surface area (Å²) < 4.78 is 1.70. The molecule has 7 heteroatoms. The summed E-state index contributed by atoms with van der Waals surface area (Å²) in [6, 6.07) is 9.98. The van der Waals surface area contributed by atoms with Crippen molar-refractivity contribution in [1.29, 1.82) is 0 Å². The molecule has 0 saturated carbocycles. The maximum atomic E-state index is 12.3. The van der Waals surface area contributed by atoms with Crippen LogP contribution in [-0.4, -0.2) is 38.1 Å². The molecular weight excluding hydrogens is 292 g/mol. The zero-order chi connectivity index (χ0) is 15.6. The van der Waals surface area contributed by atoms with Crippen LogP contribution in [0.15, 0.2) is 35.1 Å². The van der Waals surface area contributed by atoms with Crippen LogP contribution in [0.4, 0.5) is 0 Å². The van der Waals surface area contributed by atoms with Crippen LogP contribution in [0.5, 0.6) is 0 Å². The van der Waals surface area contributed by atoms with Crippen LogP contribution in [0.1, 0.15) is 30.1 Å². The Morgan fingerprint density at radius 2 is 1.96 bits per heavy atom. The fourth-order valence-electron chi connectivity index (χ4n) is 3.03. The van der Waals surface area contributed by atoms with Crippen molar-refractivity contribution in [3.63, 3.8) is 0 Å².